The van der Waals surface area contributed by atoms with Crippen LogP contribution in [0.3, 0.4) is 0 Å². The average Bonchev–Trinajstić information content (AvgIpc) is 2.16. The van der Waals surface area contributed by atoms with Crippen molar-refractivity contribution in [2.75, 3.05) is 0 Å². The SMILES string of the molecule is C=C[Si](C)(C)C([Si](C)(C)C=C)[Si](C)(C)C=C. The molecule has 0 unspecified atom stereocenters. The first-order valence-electron chi connectivity index (χ1n) is 5.96. The lowest BCUT2D eigenvalue weighted by molar-refractivity contribution is 1.39. The van der Waals surface area contributed by atoms with Gasteiger partial charge in [0.05, 0.1) is 24.2 Å². The molecule has 0 aromatic rings. The van der Waals surface area contributed by atoms with Crippen LogP contribution < -0.4 is 0 Å². The van der Waals surface area contributed by atoms with Gasteiger partial charge in [0.1, 0.15) is 0 Å². The van der Waals surface area contributed by atoms with Gasteiger partial charge in [-0.15, -0.1) is 36.8 Å². The van der Waals surface area contributed by atoms with Gasteiger partial charge in [-0.1, -0.05) is 39.3 Å². The molecule has 0 aliphatic rings. The Hall–Kier alpha value is -0.129. The van der Waals surface area contributed by atoms with Gasteiger partial charge in [0.15, 0.2) is 0 Å². The highest BCUT2D eigenvalue weighted by molar-refractivity contribution is 7.16. The molecule has 0 nitrogen and oxygen atoms in total. The number of rotatable bonds is 6. The first kappa shape index (κ1) is 15.9. The number of hydrogen-bond donors (Lipinski definition) is 0. The molecule has 0 saturated carbocycles. The summed E-state index contributed by atoms with van der Waals surface area (Å²) in [6, 6.07) is 0. The third-order valence-electron chi connectivity index (χ3n) is 3.81. The van der Waals surface area contributed by atoms with Crippen LogP contribution in [-0.4, -0.2) is 24.2 Å². The van der Waals surface area contributed by atoms with Crippen molar-refractivity contribution in [3.8, 4) is 0 Å². The maximum atomic E-state index is 4.09. The van der Waals surface area contributed by atoms with E-state index >= 15 is 0 Å². The van der Waals surface area contributed by atoms with Gasteiger partial charge in [0.2, 0.25) is 0 Å². The van der Waals surface area contributed by atoms with Crippen LogP contribution in [-0.2, 0) is 0 Å². The molecule has 0 N–H and O–H groups in total. The monoisotopic (exact) mass is 268 g/mol. The van der Waals surface area contributed by atoms with Gasteiger partial charge in [-0.25, -0.2) is 0 Å². The van der Waals surface area contributed by atoms with Crippen LogP contribution in [0.25, 0.3) is 0 Å². The third-order valence-corrected chi connectivity index (χ3v) is 24.8. The summed E-state index contributed by atoms with van der Waals surface area (Å²) in [7, 11) is -4.12. The molecule has 0 spiro atoms. The van der Waals surface area contributed by atoms with Gasteiger partial charge < -0.3 is 0 Å². The molecule has 0 aromatic carbocycles. The maximum Gasteiger partial charge on any atom is 0.0694 e. The second kappa shape index (κ2) is 5.02. The molecule has 0 aromatic heterocycles. The molecule has 0 amide bonds. The van der Waals surface area contributed by atoms with Crippen LogP contribution in [0.15, 0.2) is 36.8 Å². The highest BCUT2D eigenvalue weighted by Gasteiger charge is 2.48. The van der Waals surface area contributed by atoms with Crippen molar-refractivity contribution in [2.24, 2.45) is 0 Å². The summed E-state index contributed by atoms with van der Waals surface area (Å²) in [6.45, 7) is 26.9. The summed E-state index contributed by atoms with van der Waals surface area (Å²) in [4.78, 5) is 0.833. The summed E-state index contributed by atoms with van der Waals surface area (Å²) in [5, 5.41) is 0. The molecule has 0 saturated heterocycles. The molecule has 0 atom stereocenters. The van der Waals surface area contributed by atoms with Crippen LogP contribution in [0.5, 0.6) is 0 Å². The lowest BCUT2D eigenvalue weighted by Gasteiger charge is -2.46. The zero-order valence-electron chi connectivity index (χ0n) is 11.9. The highest BCUT2D eigenvalue weighted by Crippen LogP contribution is 2.41. The van der Waals surface area contributed by atoms with E-state index in [2.05, 4.69) is 76.1 Å². The van der Waals surface area contributed by atoms with E-state index in [1.54, 1.807) is 0 Å². The third kappa shape index (κ3) is 3.18. The van der Waals surface area contributed by atoms with Crippen LogP contribution in [0.4, 0.5) is 0 Å². The first-order chi connectivity index (χ1) is 7.05. The Bertz CT molecular complexity index is 240. The largest absolute Gasteiger partial charge is 0.107 e. The second-order valence-electron chi connectivity index (χ2n) is 6.51. The minimum atomic E-state index is -1.37. The van der Waals surface area contributed by atoms with Gasteiger partial charge in [0, 0.05) is 0 Å². The summed E-state index contributed by atoms with van der Waals surface area (Å²) in [5.74, 6) is 0. The molecule has 0 rings (SSSR count). The Morgan fingerprint density at radius 2 is 0.812 bits per heavy atom. The summed E-state index contributed by atoms with van der Waals surface area (Å²) in [5.41, 5.74) is 6.77. The summed E-state index contributed by atoms with van der Waals surface area (Å²) < 4.78 is 0. The predicted molar refractivity (Wildman–Crippen MR) is 86.8 cm³/mol. The molecule has 0 aliphatic carbocycles. The van der Waals surface area contributed by atoms with Gasteiger partial charge in [-0.3, -0.25) is 0 Å². The fraction of sp³-hybridized carbons (Fsp3) is 0.538. The molecule has 92 valence electrons. The predicted octanol–water partition coefficient (Wildman–Crippen LogP) is 4.74. The van der Waals surface area contributed by atoms with Crippen molar-refractivity contribution in [2.45, 2.75) is 44.1 Å². The van der Waals surface area contributed by atoms with E-state index in [9.17, 15) is 0 Å². The topological polar surface area (TPSA) is 0 Å². The molecule has 0 heterocycles. The van der Waals surface area contributed by atoms with Crippen molar-refractivity contribution in [1.29, 1.82) is 0 Å². The molecule has 0 radical (unpaired) electrons. The van der Waals surface area contributed by atoms with Gasteiger partial charge in [-0.05, 0) is 4.79 Å². The Morgan fingerprint density at radius 3 is 0.938 bits per heavy atom. The average molecular weight is 269 g/mol. The Balaban J connectivity index is 5.66. The maximum absolute atomic E-state index is 4.09. The van der Waals surface area contributed by atoms with Crippen molar-refractivity contribution in [3.05, 3.63) is 36.8 Å². The minimum Gasteiger partial charge on any atom is -0.107 e. The van der Waals surface area contributed by atoms with Crippen molar-refractivity contribution in [1.82, 2.24) is 0 Å². The van der Waals surface area contributed by atoms with E-state index in [1.165, 1.54) is 0 Å². The Morgan fingerprint density at radius 1 is 0.625 bits per heavy atom. The van der Waals surface area contributed by atoms with Gasteiger partial charge in [0.25, 0.3) is 0 Å². The molecule has 0 aliphatic heterocycles. The zero-order valence-corrected chi connectivity index (χ0v) is 14.9. The van der Waals surface area contributed by atoms with Gasteiger partial charge >= 0.3 is 0 Å². The van der Waals surface area contributed by atoms with Crippen LogP contribution in [0.2, 0.25) is 44.1 Å². The summed E-state index contributed by atoms with van der Waals surface area (Å²) in [6.07, 6.45) is 0. The molecule has 0 fully saturated rings. The van der Waals surface area contributed by atoms with Gasteiger partial charge in [-0.2, -0.15) is 0 Å². The van der Waals surface area contributed by atoms with Crippen LogP contribution in [0, 0.1) is 0 Å². The van der Waals surface area contributed by atoms with E-state index in [-0.39, 0.29) is 0 Å². The van der Waals surface area contributed by atoms with Crippen molar-refractivity contribution < 1.29 is 0 Å². The van der Waals surface area contributed by atoms with Crippen LogP contribution >= 0.6 is 0 Å². The molecular weight excluding hydrogens is 240 g/mol. The number of hydrogen-bond acceptors (Lipinski definition) is 0. The lowest BCUT2D eigenvalue weighted by Crippen LogP contribution is -2.57. The fourth-order valence-corrected chi connectivity index (χ4v) is 29.1. The Kier molecular flexibility index (Phi) is 4.98. The second-order valence-corrected chi connectivity index (χ2v) is 22.1. The van der Waals surface area contributed by atoms with E-state index < -0.39 is 24.2 Å². The first-order valence-corrected chi connectivity index (χ1v) is 15.4. The Labute approximate surface area is 105 Å². The minimum absolute atomic E-state index is 0.833. The quantitative estimate of drug-likeness (QED) is 0.611. The molecule has 0 bridgehead atoms. The van der Waals surface area contributed by atoms with Crippen molar-refractivity contribution >= 4 is 24.2 Å². The molecular formula is C13H28Si3. The highest BCUT2D eigenvalue weighted by atomic mass is 28.5. The lowest BCUT2D eigenvalue weighted by atomic mass is 11.3. The van der Waals surface area contributed by atoms with E-state index in [4.69, 9.17) is 0 Å². The zero-order chi connectivity index (χ0) is 13.2. The molecule has 3 heteroatoms. The smallest absolute Gasteiger partial charge is 0.0694 e. The van der Waals surface area contributed by atoms with E-state index in [0.29, 0.717) is 0 Å². The molecule has 16 heavy (non-hydrogen) atoms. The fourth-order valence-electron chi connectivity index (χ4n) is 3.23. The standard InChI is InChI=1S/C13H28Si3/c1-10-14(4,5)13(15(6,7)11-2)16(8,9)12-3/h10-13H,1-3H2,4-9H3. The van der Waals surface area contributed by atoms with E-state index in [0.717, 1.165) is 4.79 Å². The van der Waals surface area contributed by atoms with Crippen LogP contribution in [0.1, 0.15) is 0 Å². The van der Waals surface area contributed by atoms with Crippen molar-refractivity contribution in [3.63, 3.8) is 0 Å². The van der Waals surface area contributed by atoms with E-state index in [1.807, 2.05) is 0 Å². The normalized spacial score (nSPS) is 13.7. The summed E-state index contributed by atoms with van der Waals surface area (Å²) >= 11 is 0.